The Balaban J connectivity index is 1.71. The summed E-state index contributed by atoms with van der Waals surface area (Å²) in [7, 11) is 0. The minimum atomic E-state index is -0.301. The number of esters is 1. The molecule has 0 saturated heterocycles. The van der Waals surface area contributed by atoms with Crippen molar-refractivity contribution in [3.8, 4) is 0 Å². The first-order valence-electron chi connectivity index (χ1n) is 7.16. The van der Waals surface area contributed by atoms with Gasteiger partial charge in [0.25, 0.3) is 0 Å². The topological polar surface area (TPSA) is 68.5 Å². The molecule has 0 fully saturated rings. The molecule has 23 heavy (non-hydrogen) atoms. The van der Waals surface area contributed by atoms with Gasteiger partial charge in [0.2, 0.25) is 0 Å². The first-order chi connectivity index (χ1) is 11.2. The zero-order valence-corrected chi connectivity index (χ0v) is 14.6. The third-order valence-electron chi connectivity index (χ3n) is 3.31. The molecule has 0 aliphatic heterocycles. The van der Waals surface area contributed by atoms with Gasteiger partial charge in [-0.2, -0.15) is 0 Å². The molecule has 1 N–H and O–H groups in total. The predicted molar refractivity (Wildman–Crippen MR) is 95.4 cm³/mol. The van der Waals surface area contributed by atoms with Crippen LogP contribution in [0.5, 0.6) is 0 Å². The quantitative estimate of drug-likeness (QED) is 0.506. The van der Waals surface area contributed by atoms with Crippen molar-refractivity contribution in [3.63, 3.8) is 0 Å². The van der Waals surface area contributed by atoms with E-state index in [9.17, 15) is 4.79 Å². The van der Waals surface area contributed by atoms with E-state index in [-0.39, 0.29) is 5.97 Å². The minimum Gasteiger partial charge on any atom is -0.462 e. The summed E-state index contributed by atoms with van der Waals surface area (Å²) in [5, 5.41) is 3.28. The third kappa shape index (κ3) is 3.44. The number of halogens is 1. The van der Waals surface area contributed by atoms with E-state index in [1.54, 1.807) is 31.5 Å². The van der Waals surface area contributed by atoms with Crippen LogP contribution in [0.2, 0.25) is 0 Å². The smallest absolute Gasteiger partial charge is 0.338 e. The van der Waals surface area contributed by atoms with E-state index >= 15 is 0 Å². The van der Waals surface area contributed by atoms with E-state index in [0.717, 1.165) is 20.7 Å². The monoisotopic (exact) mass is 422 g/mol. The molecule has 7 heteroatoms. The van der Waals surface area contributed by atoms with Gasteiger partial charge in [-0.25, -0.2) is 14.8 Å². The van der Waals surface area contributed by atoms with Crippen molar-refractivity contribution < 1.29 is 9.53 Å². The SMILES string of the molecule is CCOC(=O)c1ccc(CNc2nccn3c(I)cnc23)cc1. The predicted octanol–water partition coefficient (Wildman–Crippen LogP) is 3.12. The van der Waals surface area contributed by atoms with Crippen LogP contribution in [0.3, 0.4) is 0 Å². The maximum absolute atomic E-state index is 11.6. The number of benzene rings is 1. The largest absolute Gasteiger partial charge is 0.462 e. The highest BCUT2D eigenvalue weighted by Gasteiger charge is 2.08. The highest BCUT2D eigenvalue weighted by atomic mass is 127. The van der Waals surface area contributed by atoms with Crippen molar-refractivity contribution in [2.75, 3.05) is 11.9 Å². The molecular weight excluding hydrogens is 407 g/mol. The number of anilines is 1. The van der Waals surface area contributed by atoms with Crippen LogP contribution in [-0.2, 0) is 11.3 Å². The molecule has 0 aliphatic rings. The molecule has 0 bridgehead atoms. The van der Waals surface area contributed by atoms with Gasteiger partial charge < -0.3 is 10.1 Å². The average molecular weight is 422 g/mol. The lowest BCUT2D eigenvalue weighted by Gasteiger charge is -2.08. The Kier molecular flexibility index (Phi) is 4.75. The fourth-order valence-electron chi connectivity index (χ4n) is 2.17. The number of hydrogen-bond donors (Lipinski definition) is 1. The molecular formula is C16H15IN4O2. The lowest BCUT2D eigenvalue weighted by molar-refractivity contribution is 0.0526. The van der Waals surface area contributed by atoms with Crippen molar-refractivity contribution in [1.82, 2.24) is 14.4 Å². The number of carbonyl (C=O) groups excluding carboxylic acids is 1. The summed E-state index contributed by atoms with van der Waals surface area (Å²) in [6.45, 7) is 2.76. The lowest BCUT2D eigenvalue weighted by Crippen LogP contribution is -2.06. The maximum Gasteiger partial charge on any atom is 0.338 e. The van der Waals surface area contributed by atoms with E-state index < -0.39 is 0 Å². The zero-order chi connectivity index (χ0) is 16.2. The maximum atomic E-state index is 11.6. The van der Waals surface area contributed by atoms with Crippen LogP contribution in [0, 0.1) is 3.70 Å². The lowest BCUT2D eigenvalue weighted by atomic mass is 10.1. The van der Waals surface area contributed by atoms with Gasteiger partial charge in [0, 0.05) is 18.9 Å². The van der Waals surface area contributed by atoms with Gasteiger partial charge >= 0.3 is 5.97 Å². The second-order valence-corrected chi connectivity index (χ2v) is 5.93. The van der Waals surface area contributed by atoms with Gasteiger partial charge in [-0.15, -0.1) is 0 Å². The van der Waals surface area contributed by atoms with Crippen LogP contribution < -0.4 is 5.32 Å². The Morgan fingerprint density at radius 3 is 2.83 bits per heavy atom. The van der Waals surface area contributed by atoms with Crippen molar-refractivity contribution in [2.24, 2.45) is 0 Å². The zero-order valence-electron chi connectivity index (χ0n) is 12.5. The number of nitrogens with one attached hydrogen (secondary N) is 1. The summed E-state index contributed by atoms with van der Waals surface area (Å²) in [6.07, 6.45) is 5.42. The summed E-state index contributed by atoms with van der Waals surface area (Å²) in [6, 6.07) is 7.33. The molecule has 0 amide bonds. The fraction of sp³-hybridized carbons (Fsp3) is 0.188. The van der Waals surface area contributed by atoms with Gasteiger partial charge in [0.15, 0.2) is 11.5 Å². The molecule has 118 valence electrons. The van der Waals surface area contributed by atoms with Crippen LogP contribution in [0.25, 0.3) is 5.65 Å². The molecule has 0 saturated carbocycles. The molecule has 3 aromatic rings. The summed E-state index contributed by atoms with van der Waals surface area (Å²) in [5.41, 5.74) is 2.39. The fourth-order valence-corrected chi connectivity index (χ4v) is 2.70. The van der Waals surface area contributed by atoms with Crippen LogP contribution in [0.1, 0.15) is 22.8 Å². The first-order valence-corrected chi connectivity index (χ1v) is 8.24. The molecule has 6 nitrogen and oxygen atoms in total. The van der Waals surface area contributed by atoms with Crippen LogP contribution in [0.15, 0.2) is 42.9 Å². The van der Waals surface area contributed by atoms with Crippen molar-refractivity contribution >= 4 is 40.0 Å². The van der Waals surface area contributed by atoms with Crippen molar-refractivity contribution in [3.05, 3.63) is 57.7 Å². The van der Waals surface area contributed by atoms with E-state index in [0.29, 0.717) is 18.7 Å². The molecule has 0 radical (unpaired) electrons. The Hall–Kier alpha value is -2.16. The number of ether oxygens (including phenoxy) is 1. The van der Waals surface area contributed by atoms with Crippen LogP contribution >= 0.6 is 22.6 Å². The highest BCUT2D eigenvalue weighted by molar-refractivity contribution is 14.1. The number of aromatic nitrogens is 3. The Labute approximate surface area is 147 Å². The van der Waals surface area contributed by atoms with Crippen LogP contribution in [-0.4, -0.2) is 26.9 Å². The first kappa shape index (κ1) is 15.7. The summed E-state index contributed by atoms with van der Waals surface area (Å²) >= 11 is 2.23. The number of hydrogen-bond acceptors (Lipinski definition) is 5. The molecule has 2 heterocycles. The molecule has 2 aromatic heterocycles. The Morgan fingerprint density at radius 1 is 1.30 bits per heavy atom. The highest BCUT2D eigenvalue weighted by Crippen LogP contribution is 2.16. The van der Waals surface area contributed by atoms with Gasteiger partial charge in [-0.3, -0.25) is 4.40 Å². The van der Waals surface area contributed by atoms with Gasteiger partial charge in [0.05, 0.1) is 18.4 Å². The van der Waals surface area contributed by atoms with Gasteiger partial charge in [-0.1, -0.05) is 12.1 Å². The Morgan fingerprint density at radius 2 is 2.09 bits per heavy atom. The summed E-state index contributed by atoms with van der Waals surface area (Å²) < 4.78 is 7.97. The molecule has 0 spiro atoms. The number of nitrogens with zero attached hydrogens (tertiary/aromatic N) is 3. The molecule has 1 aromatic carbocycles. The standard InChI is InChI=1S/C16H15IN4O2/c1-2-23-16(22)12-5-3-11(4-6-12)9-19-14-15-20-10-13(17)21(15)8-7-18-14/h3-8,10H,2,9H2,1H3,(H,18,19). The molecule has 0 atom stereocenters. The number of rotatable bonds is 5. The second-order valence-electron chi connectivity index (χ2n) is 4.82. The van der Waals surface area contributed by atoms with E-state index in [1.165, 1.54) is 0 Å². The minimum absolute atomic E-state index is 0.301. The average Bonchev–Trinajstić information content (AvgIpc) is 2.96. The molecule has 0 aliphatic carbocycles. The Bertz CT molecular complexity index is 830. The summed E-state index contributed by atoms with van der Waals surface area (Å²) in [5.74, 6) is 0.426. The number of carbonyl (C=O) groups is 1. The third-order valence-corrected chi connectivity index (χ3v) is 4.11. The summed E-state index contributed by atoms with van der Waals surface area (Å²) in [4.78, 5) is 20.3. The van der Waals surface area contributed by atoms with Gasteiger partial charge in [0.1, 0.15) is 3.70 Å². The van der Waals surface area contributed by atoms with E-state index in [4.69, 9.17) is 4.74 Å². The van der Waals surface area contributed by atoms with Gasteiger partial charge in [-0.05, 0) is 47.2 Å². The van der Waals surface area contributed by atoms with E-state index in [2.05, 4.69) is 37.9 Å². The van der Waals surface area contributed by atoms with Crippen molar-refractivity contribution in [2.45, 2.75) is 13.5 Å². The van der Waals surface area contributed by atoms with E-state index in [1.807, 2.05) is 22.7 Å². The van der Waals surface area contributed by atoms with Crippen LogP contribution in [0.4, 0.5) is 5.82 Å². The normalized spacial score (nSPS) is 10.7. The molecule has 3 rings (SSSR count). The number of imidazole rings is 1. The van der Waals surface area contributed by atoms with Crippen molar-refractivity contribution in [1.29, 1.82) is 0 Å². The number of fused-ring (bicyclic) bond motifs is 1. The molecule has 0 unspecified atom stereocenters. The second kappa shape index (κ2) is 6.95.